The van der Waals surface area contributed by atoms with Crippen LogP contribution in [0.5, 0.6) is 11.5 Å². The van der Waals surface area contributed by atoms with Gasteiger partial charge in [-0.1, -0.05) is 0 Å². The van der Waals surface area contributed by atoms with Crippen LogP contribution in [0.25, 0.3) is 5.69 Å². The van der Waals surface area contributed by atoms with Crippen molar-refractivity contribution in [3.8, 4) is 17.2 Å². The fraction of sp³-hybridized carbons (Fsp3) is 0.150. The molecule has 0 bridgehead atoms. The van der Waals surface area contributed by atoms with E-state index in [2.05, 4.69) is 76.3 Å². The number of ether oxygens (including phenoxy) is 2. The van der Waals surface area contributed by atoms with Crippen molar-refractivity contribution >= 4 is 34.5 Å². The van der Waals surface area contributed by atoms with Crippen LogP contribution >= 0.6 is 22.6 Å². The van der Waals surface area contributed by atoms with Crippen LogP contribution in [0.3, 0.4) is 0 Å². The van der Waals surface area contributed by atoms with E-state index in [-0.39, 0.29) is 6.79 Å². The highest BCUT2D eigenvalue weighted by Crippen LogP contribution is 2.35. The third-order valence-electron chi connectivity index (χ3n) is 4.26. The van der Waals surface area contributed by atoms with E-state index in [1.54, 1.807) is 0 Å². The van der Waals surface area contributed by atoms with Gasteiger partial charge in [0.2, 0.25) is 6.79 Å². The summed E-state index contributed by atoms with van der Waals surface area (Å²) in [5, 5.41) is 0. The Hall–Kier alpha value is -2.28. The van der Waals surface area contributed by atoms with Crippen LogP contribution in [-0.2, 0) is 0 Å². The summed E-state index contributed by atoms with van der Waals surface area (Å²) in [6.07, 6.45) is 1.91. The summed E-state index contributed by atoms with van der Waals surface area (Å²) in [7, 11) is 0. The molecular formula is C20H17IN2O2. The van der Waals surface area contributed by atoms with Crippen LogP contribution in [0.15, 0.2) is 53.5 Å². The van der Waals surface area contributed by atoms with Gasteiger partial charge in [0.25, 0.3) is 0 Å². The Morgan fingerprint density at radius 3 is 2.56 bits per heavy atom. The Balaban J connectivity index is 1.65. The summed E-state index contributed by atoms with van der Waals surface area (Å²) in [4.78, 5) is 4.60. The predicted octanol–water partition coefficient (Wildman–Crippen LogP) is 5.18. The molecule has 4 rings (SSSR count). The van der Waals surface area contributed by atoms with Crippen molar-refractivity contribution < 1.29 is 9.47 Å². The topological polar surface area (TPSA) is 35.8 Å². The average molecular weight is 444 g/mol. The standard InChI is InChI=1S/C20H17IN2O2/c1-13-9-15(14(2)23(13)18-6-3-16(21)4-7-18)11-22-17-5-8-19-20(10-17)25-12-24-19/h3-11H,12H2,1-2H3. The summed E-state index contributed by atoms with van der Waals surface area (Å²) in [6.45, 7) is 4.51. The molecule has 3 aromatic rings. The molecule has 0 amide bonds. The highest BCUT2D eigenvalue weighted by Gasteiger charge is 2.13. The molecule has 0 fully saturated rings. The number of aryl methyl sites for hydroxylation is 1. The Morgan fingerprint density at radius 2 is 1.76 bits per heavy atom. The summed E-state index contributed by atoms with van der Waals surface area (Å²) in [5.74, 6) is 1.52. The van der Waals surface area contributed by atoms with E-state index in [1.807, 2.05) is 24.4 Å². The lowest BCUT2D eigenvalue weighted by Gasteiger charge is -2.09. The molecule has 0 spiro atoms. The number of nitrogens with zero attached hydrogens (tertiary/aromatic N) is 2. The van der Waals surface area contributed by atoms with Gasteiger partial charge in [0, 0.05) is 38.5 Å². The molecule has 1 aliphatic rings. The number of benzene rings is 2. The average Bonchev–Trinajstić information content (AvgIpc) is 3.18. The molecule has 126 valence electrons. The van der Waals surface area contributed by atoms with E-state index in [0.29, 0.717) is 0 Å². The fourth-order valence-corrected chi connectivity index (χ4v) is 3.37. The highest BCUT2D eigenvalue weighted by molar-refractivity contribution is 14.1. The third-order valence-corrected chi connectivity index (χ3v) is 4.98. The molecule has 1 aliphatic heterocycles. The minimum absolute atomic E-state index is 0.277. The molecule has 0 unspecified atom stereocenters. The second-order valence-corrected chi connectivity index (χ2v) is 7.18. The number of aromatic nitrogens is 1. The molecule has 0 radical (unpaired) electrons. The SMILES string of the molecule is Cc1cc(C=Nc2ccc3c(c2)OCO3)c(C)n1-c1ccc(I)cc1. The van der Waals surface area contributed by atoms with Crippen molar-refractivity contribution in [1.29, 1.82) is 0 Å². The van der Waals surface area contributed by atoms with Crippen molar-refractivity contribution in [3.63, 3.8) is 0 Å². The zero-order valence-electron chi connectivity index (χ0n) is 14.0. The predicted molar refractivity (Wildman–Crippen MR) is 108 cm³/mol. The van der Waals surface area contributed by atoms with Crippen molar-refractivity contribution in [2.75, 3.05) is 6.79 Å². The number of halogens is 1. The number of hydrogen-bond donors (Lipinski definition) is 0. The van der Waals surface area contributed by atoms with E-state index in [1.165, 1.54) is 15.0 Å². The number of rotatable bonds is 3. The van der Waals surface area contributed by atoms with E-state index >= 15 is 0 Å². The molecule has 1 aromatic heterocycles. The molecule has 0 saturated heterocycles. The Morgan fingerprint density at radius 1 is 1.00 bits per heavy atom. The van der Waals surface area contributed by atoms with Gasteiger partial charge in [-0.2, -0.15) is 0 Å². The minimum atomic E-state index is 0.277. The van der Waals surface area contributed by atoms with Gasteiger partial charge in [-0.3, -0.25) is 4.99 Å². The van der Waals surface area contributed by atoms with Gasteiger partial charge in [0.15, 0.2) is 11.5 Å². The van der Waals surface area contributed by atoms with Gasteiger partial charge in [0.1, 0.15) is 0 Å². The van der Waals surface area contributed by atoms with Gasteiger partial charge in [0.05, 0.1) is 5.69 Å². The molecule has 2 aromatic carbocycles. The third kappa shape index (κ3) is 3.16. The van der Waals surface area contributed by atoms with E-state index < -0.39 is 0 Å². The molecule has 25 heavy (non-hydrogen) atoms. The lowest BCUT2D eigenvalue weighted by atomic mass is 10.2. The van der Waals surface area contributed by atoms with Crippen molar-refractivity contribution in [3.05, 3.63) is 69.1 Å². The van der Waals surface area contributed by atoms with Crippen molar-refractivity contribution in [2.24, 2.45) is 4.99 Å². The Kier molecular flexibility index (Phi) is 4.25. The molecule has 0 N–H and O–H groups in total. The lowest BCUT2D eigenvalue weighted by molar-refractivity contribution is 0.174. The molecular weight excluding hydrogens is 427 g/mol. The largest absolute Gasteiger partial charge is 0.454 e. The summed E-state index contributed by atoms with van der Waals surface area (Å²) in [5.41, 5.74) is 5.48. The zero-order valence-corrected chi connectivity index (χ0v) is 16.1. The first kappa shape index (κ1) is 16.2. The quantitative estimate of drug-likeness (QED) is 0.413. The van der Waals surface area contributed by atoms with Gasteiger partial charge in [-0.25, -0.2) is 0 Å². The second kappa shape index (κ2) is 6.55. The first-order valence-corrected chi connectivity index (χ1v) is 9.08. The molecule has 5 heteroatoms. The van der Waals surface area contributed by atoms with Gasteiger partial charge >= 0.3 is 0 Å². The van der Waals surface area contributed by atoms with Crippen LogP contribution in [0.2, 0.25) is 0 Å². The maximum absolute atomic E-state index is 5.40. The van der Waals surface area contributed by atoms with Crippen LogP contribution in [0.1, 0.15) is 17.0 Å². The molecule has 0 saturated carbocycles. The molecule has 0 aliphatic carbocycles. The van der Waals surface area contributed by atoms with Gasteiger partial charge in [-0.05, 0) is 78.9 Å². The monoisotopic (exact) mass is 444 g/mol. The Bertz CT molecular complexity index is 959. The smallest absolute Gasteiger partial charge is 0.231 e. The maximum atomic E-state index is 5.40. The number of fused-ring (bicyclic) bond motifs is 1. The van der Waals surface area contributed by atoms with Crippen molar-refractivity contribution in [2.45, 2.75) is 13.8 Å². The Labute approximate surface area is 160 Å². The first-order valence-electron chi connectivity index (χ1n) is 8.00. The van der Waals surface area contributed by atoms with Crippen LogP contribution in [-0.4, -0.2) is 17.6 Å². The van der Waals surface area contributed by atoms with Crippen LogP contribution in [0, 0.1) is 17.4 Å². The fourth-order valence-electron chi connectivity index (χ4n) is 3.02. The normalized spacial score (nSPS) is 12.9. The van der Waals surface area contributed by atoms with Crippen molar-refractivity contribution in [1.82, 2.24) is 4.57 Å². The highest BCUT2D eigenvalue weighted by atomic mass is 127. The summed E-state index contributed by atoms with van der Waals surface area (Å²) < 4.78 is 14.2. The van der Waals surface area contributed by atoms with Crippen LogP contribution in [0.4, 0.5) is 5.69 Å². The molecule has 0 atom stereocenters. The van der Waals surface area contributed by atoms with Gasteiger partial charge in [-0.15, -0.1) is 0 Å². The summed E-state index contributed by atoms with van der Waals surface area (Å²) in [6, 6.07) is 16.4. The van der Waals surface area contributed by atoms with Crippen LogP contribution < -0.4 is 9.47 Å². The first-order chi connectivity index (χ1) is 12.1. The number of hydrogen-bond acceptors (Lipinski definition) is 3. The van der Waals surface area contributed by atoms with E-state index in [9.17, 15) is 0 Å². The summed E-state index contributed by atoms with van der Waals surface area (Å²) >= 11 is 2.32. The van der Waals surface area contributed by atoms with E-state index in [4.69, 9.17) is 9.47 Å². The number of aliphatic imine (C=N–C) groups is 1. The van der Waals surface area contributed by atoms with Gasteiger partial charge < -0.3 is 14.0 Å². The zero-order chi connectivity index (χ0) is 17.4. The minimum Gasteiger partial charge on any atom is -0.454 e. The lowest BCUT2D eigenvalue weighted by Crippen LogP contribution is -1.99. The second-order valence-electron chi connectivity index (χ2n) is 5.93. The maximum Gasteiger partial charge on any atom is 0.231 e. The molecule has 4 nitrogen and oxygen atoms in total. The molecule has 2 heterocycles. The van der Waals surface area contributed by atoms with E-state index in [0.717, 1.165) is 28.4 Å².